The summed E-state index contributed by atoms with van der Waals surface area (Å²) in [6.07, 6.45) is -3.12. The molecule has 0 aliphatic heterocycles. The van der Waals surface area contributed by atoms with Crippen molar-refractivity contribution in [3.05, 3.63) is 33.1 Å². The van der Waals surface area contributed by atoms with E-state index in [0.29, 0.717) is 6.07 Å². The number of nitro groups is 1. The number of carbonyl (C=O) groups is 1. The molecule has 86 valence electrons. The Balaban J connectivity index is 3.51. The average molecular weight is 232 g/mol. The number of carboxylic acids is 1. The van der Waals surface area contributed by atoms with Gasteiger partial charge in [0, 0.05) is 0 Å². The Bertz CT molecular complexity index is 462. The summed E-state index contributed by atoms with van der Waals surface area (Å²) >= 11 is 0. The van der Waals surface area contributed by atoms with Crippen LogP contribution in [0.5, 0.6) is 0 Å². The van der Waals surface area contributed by atoms with Gasteiger partial charge in [0.1, 0.15) is 11.4 Å². The van der Waals surface area contributed by atoms with Crippen molar-refractivity contribution in [1.29, 1.82) is 0 Å². The molecule has 1 aromatic rings. The molecule has 1 rings (SSSR count). The molecular weight excluding hydrogens is 226 g/mol. The van der Waals surface area contributed by atoms with Crippen molar-refractivity contribution in [3.8, 4) is 0 Å². The largest absolute Gasteiger partial charge is 0.477 e. The van der Waals surface area contributed by atoms with Gasteiger partial charge in [0.25, 0.3) is 12.1 Å². The number of rotatable bonds is 3. The van der Waals surface area contributed by atoms with Crippen LogP contribution in [-0.4, -0.2) is 21.0 Å². The number of carboxylic acid groups (broad SMARTS) is 1. The molecule has 1 N–H and O–H groups in total. The maximum atomic E-state index is 12.5. The molecule has 0 aromatic carbocycles. The first-order valence-corrected chi connectivity index (χ1v) is 4.02. The smallest absolute Gasteiger partial charge is 0.354 e. The molecule has 1 heterocycles. The van der Waals surface area contributed by atoms with Gasteiger partial charge in [-0.15, -0.1) is 0 Å². The van der Waals surface area contributed by atoms with Gasteiger partial charge in [-0.1, -0.05) is 0 Å². The number of nitrogens with zero attached hydrogens (tertiary/aromatic N) is 2. The SMILES string of the molecule is Cc1nc(C(=O)O)cc(C(F)F)c1[N+](=O)[O-]. The molecule has 8 heteroatoms. The molecule has 0 spiro atoms. The highest BCUT2D eigenvalue weighted by molar-refractivity contribution is 5.86. The first-order chi connectivity index (χ1) is 7.34. The molecule has 0 amide bonds. The van der Waals surface area contributed by atoms with Gasteiger partial charge < -0.3 is 5.11 Å². The van der Waals surface area contributed by atoms with E-state index in [-0.39, 0.29) is 5.69 Å². The van der Waals surface area contributed by atoms with Crippen molar-refractivity contribution < 1.29 is 23.6 Å². The highest BCUT2D eigenvalue weighted by Crippen LogP contribution is 2.31. The maximum Gasteiger partial charge on any atom is 0.354 e. The summed E-state index contributed by atoms with van der Waals surface area (Å²) in [6, 6.07) is 0.512. The number of hydrogen-bond donors (Lipinski definition) is 1. The van der Waals surface area contributed by atoms with Crippen LogP contribution in [0.1, 0.15) is 28.2 Å². The third-order valence-corrected chi connectivity index (χ3v) is 1.83. The number of aromatic nitrogens is 1. The lowest BCUT2D eigenvalue weighted by molar-refractivity contribution is -0.387. The van der Waals surface area contributed by atoms with Gasteiger partial charge in [0.05, 0.1) is 10.5 Å². The summed E-state index contributed by atoms with van der Waals surface area (Å²) < 4.78 is 25.0. The number of halogens is 2. The standard InChI is InChI=1S/C8H6F2N2O4/c1-3-6(12(15)16)4(7(9)10)2-5(11-3)8(13)14/h2,7H,1H3,(H,13,14). The van der Waals surface area contributed by atoms with Gasteiger partial charge >= 0.3 is 5.97 Å². The first kappa shape index (κ1) is 12.0. The van der Waals surface area contributed by atoms with Crippen LogP contribution in [0.4, 0.5) is 14.5 Å². The van der Waals surface area contributed by atoms with Gasteiger partial charge in [-0.05, 0) is 13.0 Å². The van der Waals surface area contributed by atoms with Crippen molar-refractivity contribution in [3.63, 3.8) is 0 Å². The van der Waals surface area contributed by atoms with E-state index in [1.54, 1.807) is 0 Å². The van der Waals surface area contributed by atoms with Gasteiger partial charge in [-0.3, -0.25) is 10.1 Å². The summed E-state index contributed by atoms with van der Waals surface area (Å²) in [7, 11) is 0. The molecule has 1 aromatic heterocycles. The van der Waals surface area contributed by atoms with Crippen molar-refractivity contribution >= 4 is 11.7 Å². The lowest BCUT2D eigenvalue weighted by atomic mass is 10.1. The number of aryl methyl sites for hydroxylation is 1. The second-order valence-corrected chi connectivity index (χ2v) is 2.89. The Labute approximate surface area is 87.7 Å². The minimum Gasteiger partial charge on any atom is -0.477 e. The van der Waals surface area contributed by atoms with E-state index in [4.69, 9.17) is 5.11 Å². The molecule has 0 aliphatic rings. The second kappa shape index (κ2) is 4.17. The van der Waals surface area contributed by atoms with E-state index in [1.807, 2.05) is 0 Å². The normalized spacial score (nSPS) is 10.5. The summed E-state index contributed by atoms with van der Waals surface area (Å²) in [5.74, 6) is -1.51. The van der Waals surface area contributed by atoms with E-state index in [9.17, 15) is 23.7 Å². The summed E-state index contributed by atoms with van der Waals surface area (Å²) in [4.78, 5) is 23.4. The van der Waals surface area contributed by atoms with Crippen LogP contribution in [0, 0.1) is 17.0 Å². The monoisotopic (exact) mass is 232 g/mol. The Kier molecular flexibility index (Phi) is 3.11. The van der Waals surface area contributed by atoms with Crippen LogP contribution in [0.25, 0.3) is 0 Å². The average Bonchev–Trinajstić information content (AvgIpc) is 2.15. The van der Waals surface area contributed by atoms with Crippen LogP contribution in [0.2, 0.25) is 0 Å². The molecule has 0 atom stereocenters. The fourth-order valence-corrected chi connectivity index (χ4v) is 1.20. The molecule has 0 aliphatic carbocycles. The first-order valence-electron chi connectivity index (χ1n) is 4.02. The minimum absolute atomic E-state index is 0.347. The second-order valence-electron chi connectivity index (χ2n) is 2.89. The van der Waals surface area contributed by atoms with Crippen molar-refractivity contribution in [2.45, 2.75) is 13.3 Å². The zero-order chi connectivity index (χ0) is 12.5. The highest BCUT2D eigenvalue weighted by Gasteiger charge is 2.27. The number of hydrogen-bond acceptors (Lipinski definition) is 4. The lowest BCUT2D eigenvalue weighted by Crippen LogP contribution is -2.07. The van der Waals surface area contributed by atoms with Crippen LogP contribution in [0.3, 0.4) is 0 Å². The van der Waals surface area contributed by atoms with E-state index >= 15 is 0 Å². The Morgan fingerprint density at radius 2 is 2.19 bits per heavy atom. The zero-order valence-electron chi connectivity index (χ0n) is 7.98. The highest BCUT2D eigenvalue weighted by atomic mass is 19.3. The molecule has 0 fully saturated rings. The Morgan fingerprint density at radius 1 is 1.62 bits per heavy atom. The number of pyridine rings is 1. The minimum atomic E-state index is -3.12. The van der Waals surface area contributed by atoms with E-state index in [0.717, 1.165) is 6.92 Å². The van der Waals surface area contributed by atoms with Crippen LogP contribution >= 0.6 is 0 Å². The van der Waals surface area contributed by atoms with Gasteiger partial charge in [0.15, 0.2) is 0 Å². The molecule has 0 saturated carbocycles. The van der Waals surface area contributed by atoms with Gasteiger partial charge in [0.2, 0.25) is 0 Å². The zero-order valence-corrected chi connectivity index (χ0v) is 7.98. The topological polar surface area (TPSA) is 93.3 Å². The van der Waals surface area contributed by atoms with E-state index in [1.165, 1.54) is 0 Å². The molecule has 16 heavy (non-hydrogen) atoms. The van der Waals surface area contributed by atoms with Crippen molar-refractivity contribution in [2.24, 2.45) is 0 Å². The quantitative estimate of drug-likeness (QED) is 0.634. The fourth-order valence-electron chi connectivity index (χ4n) is 1.20. The fraction of sp³-hybridized carbons (Fsp3) is 0.250. The van der Waals surface area contributed by atoms with Crippen molar-refractivity contribution in [1.82, 2.24) is 4.98 Å². The molecular formula is C8H6F2N2O4. The van der Waals surface area contributed by atoms with E-state index in [2.05, 4.69) is 4.98 Å². The number of aromatic carboxylic acids is 1. The Hall–Kier alpha value is -2.12. The van der Waals surface area contributed by atoms with Gasteiger partial charge in [-0.25, -0.2) is 18.6 Å². The van der Waals surface area contributed by atoms with Gasteiger partial charge in [-0.2, -0.15) is 0 Å². The molecule has 6 nitrogen and oxygen atoms in total. The van der Waals surface area contributed by atoms with Crippen LogP contribution in [-0.2, 0) is 0 Å². The summed E-state index contributed by atoms with van der Waals surface area (Å²) in [5.41, 5.74) is -2.77. The third-order valence-electron chi connectivity index (χ3n) is 1.83. The molecule has 0 unspecified atom stereocenters. The van der Waals surface area contributed by atoms with Crippen LogP contribution < -0.4 is 0 Å². The molecule has 0 bridgehead atoms. The third kappa shape index (κ3) is 2.10. The summed E-state index contributed by atoms with van der Waals surface area (Å²) in [6.45, 7) is 1.11. The van der Waals surface area contributed by atoms with Crippen molar-refractivity contribution in [2.75, 3.05) is 0 Å². The predicted molar refractivity (Wildman–Crippen MR) is 47.5 cm³/mol. The molecule has 0 saturated heterocycles. The maximum absolute atomic E-state index is 12.5. The molecule has 0 radical (unpaired) electrons. The number of alkyl halides is 2. The van der Waals surface area contributed by atoms with E-state index < -0.39 is 34.3 Å². The van der Waals surface area contributed by atoms with Crippen LogP contribution in [0.15, 0.2) is 6.07 Å². The predicted octanol–water partition coefficient (Wildman–Crippen LogP) is 1.93. The lowest BCUT2D eigenvalue weighted by Gasteiger charge is -2.05. The Morgan fingerprint density at radius 3 is 2.56 bits per heavy atom. The summed E-state index contributed by atoms with van der Waals surface area (Å²) in [5, 5.41) is 19.1.